The molecule has 0 heterocycles. The van der Waals surface area contributed by atoms with Crippen molar-refractivity contribution in [1.82, 2.24) is 0 Å². The van der Waals surface area contributed by atoms with Gasteiger partial charge in [-0.3, -0.25) is 0 Å². The quantitative estimate of drug-likeness (QED) is 0.492. The molecule has 0 aliphatic heterocycles. The molecule has 2 nitrogen and oxygen atoms in total. The Morgan fingerprint density at radius 1 is 0.875 bits per heavy atom. The van der Waals surface area contributed by atoms with Crippen molar-refractivity contribution in [3.63, 3.8) is 0 Å². The third-order valence-electron chi connectivity index (χ3n) is 2.82. The van der Waals surface area contributed by atoms with Crippen LogP contribution in [0.5, 0.6) is 0 Å². The van der Waals surface area contributed by atoms with Crippen molar-refractivity contribution in [1.29, 1.82) is 0 Å². The second-order valence-electron chi connectivity index (χ2n) is 3.66. The molecule has 1 aliphatic rings. The Morgan fingerprint density at radius 2 is 1.56 bits per heavy atom. The normalized spacial score (nSPS) is 14.9. The standard InChI is InChI=1S/C13H8BrNO/c14-11-7-3-6-9-8-4-1-2-5-10(8)13(15-16)12(9)11/h1-7,16H. The summed E-state index contributed by atoms with van der Waals surface area (Å²) in [4.78, 5) is 0. The molecule has 0 bridgehead atoms. The average molecular weight is 274 g/mol. The van der Waals surface area contributed by atoms with E-state index >= 15 is 0 Å². The minimum Gasteiger partial charge on any atom is -0.410 e. The highest BCUT2D eigenvalue weighted by molar-refractivity contribution is 9.10. The zero-order valence-corrected chi connectivity index (χ0v) is 9.90. The van der Waals surface area contributed by atoms with Gasteiger partial charge in [0.15, 0.2) is 0 Å². The van der Waals surface area contributed by atoms with Crippen LogP contribution in [0.25, 0.3) is 11.1 Å². The number of nitrogens with zero attached hydrogens (tertiary/aromatic N) is 1. The lowest BCUT2D eigenvalue weighted by atomic mass is 10.1. The van der Waals surface area contributed by atoms with Crippen LogP contribution in [0, 0.1) is 0 Å². The Kier molecular flexibility index (Phi) is 2.07. The van der Waals surface area contributed by atoms with E-state index in [9.17, 15) is 0 Å². The van der Waals surface area contributed by atoms with Crippen LogP contribution in [-0.4, -0.2) is 10.9 Å². The van der Waals surface area contributed by atoms with Crippen molar-refractivity contribution in [2.75, 3.05) is 0 Å². The van der Waals surface area contributed by atoms with Crippen LogP contribution in [0.4, 0.5) is 0 Å². The summed E-state index contributed by atoms with van der Waals surface area (Å²) in [6, 6.07) is 13.9. The van der Waals surface area contributed by atoms with Gasteiger partial charge in [0, 0.05) is 15.6 Å². The number of oxime groups is 1. The largest absolute Gasteiger partial charge is 0.410 e. The van der Waals surface area contributed by atoms with Gasteiger partial charge in [-0.2, -0.15) is 0 Å². The van der Waals surface area contributed by atoms with Crippen LogP contribution in [0.2, 0.25) is 0 Å². The number of halogens is 1. The molecule has 0 saturated carbocycles. The number of fused-ring (bicyclic) bond motifs is 3. The van der Waals surface area contributed by atoms with Gasteiger partial charge >= 0.3 is 0 Å². The fourth-order valence-corrected chi connectivity index (χ4v) is 2.71. The molecule has 0 radical (unpaired) electrons. The Hall–Kier alpha value is -1.61. The molecule has 0 atom stereocenters. The van der Waals surface area contributed by atoms with Crippen molar-refractivity contribution in [3.05, 3.63) is 58.1 Å². The van der Waals surface area contributed by atoms with Gasteiger partial charge in [-0.15, -0.1) is 0 Å². The van der Waals surface area contributed by atoms with E-state index in [2.05, 4.69) is 21.1 Å². The molecule has 1 aliphatic carbocycles. The summed E-state index contributed by atoms with van der Waals surface area (Å²) in [6.07, 6.45) is 0. The molecule has 0 unspecified atom stereocenters. The van der Waals surface area contributed by atoms with Gasteiger partial charge in [-0.1, -0.05) is 57.5 Å². The zero-order chi connectivity index (χ0) is 11.1. The SMILES string of the molecule is ON=C1c2ccccc2-c2cccc(Br)c21. The molecule has 0 amide bonds. The van der Waals surface area contributed by atoms with Crippen LogP contribution in [-0.2, 0) is 0 Å². The fourth-order valence-electron chi connectivity index (χ4n) is 2.15. The first-order valence-corrected chi connectivity index (χ1v) is 5.73. The molecule has 78 valence electrons. The Morgan fingerprint density at radius 3 is 2.31 bits per heavy atom. The molecule has 1 N–H and O–H groups in total. The third-order valence-corrected chi connectivity index (χ3v) is 3.48. The molecular weight excluding hydrogens is 266 g/mol. The highest BCUT2D eigenvalue weighted by Crippen LogP contribution is 2.40. The Labute approximate surface area is 101 Å². The topological polar surface area (TPSA) is 32.6 Å². The van der Waals surface area contributed by atoms with Crippen molar-refractivity contribution in [2.45, 2.75) is 0 Å². The van der Waals surface area contributed by atoms with E-state index < -0.39 is 0 Å². The van der Waals surface area contributed by atoms with E-state index in [1.165, 1.54) is 0 Å². The first-order valence-electron chi connectivity index (χ1n) is 4.93. The molecule has 0 fully saturated rings. The maximum Gasteiger partial charge on any atom is 0.119 e. The number of rotatable bonds is 0. The first-order chi connectivity index (χ1) is 7.83. The van der Waals surface area contributed by atoms with Crippen LogP contribution >= 0.6 is 15.9 Å². The molecule has 2 aromatic rings. The Balaban J connectivity index is 2.44. The maximum atomic E-state index is 9.15. The smallest absolute Gasteiger partial charge is 0.119 e. The molecule has 0 spiro atoms. The summed E-state index contributed by atoms with van der Waals surface area (Å²) in [5, 5.41) is 12.6. The van der Waals surface area contributed by atoms with E-state index in [4.69, 9.17) is 5.21 Å². The summed E-state index contributed by atoms with van der Waals surface area (Å²) in [6.45, 7) is 0. The van der Waals surface area contributed by atoms with Gasteiger partial charge < -0.3 is 5.21 Å². The summed E-state index contributed by atoms with van der Waals surface area (Å²) >= 11 is 3.50. The minimum atomic E-state index is 0.637. The number of benzene rings is 2. The summed E-state index contributed by atoms with van der Waals surface area (Å²) in [5.41, 5.74) is 4.81. The van der Waals surface area contributed by atoms with Gasteiger partial charge in [-0.25, -0.2) is 0 Å². The third kappa shape index (κ3) is 1.15. The van der Waals surface area contributed by atoms with Crippen molar-refractivity contribution in [2.24, 2.45) is 5.16 Å². The fraction of sp³-hybridized carbons (Fsp3) is 0. The first kappa shape index (κ1) is 9.60. The molecule has 3 rings (SSSR count). The van der Waals surface area contributed by atoms with Gasteiger partial charge in [0.2, 0.25) is 0 Å². The van der Waals surface area contributed by atoms with E-state index in [0.29, 0.717) is 5.71 Å². The second-order valence-corrected chi connectivity index (χ2v) is 4.51. The summed E-state index contributed by atoms with van der Waals surface area (Å²) in [5.74, 6) is 0. The van der Waals surface area contributed by atoms with Gasteiger partial charge in [-0.05, 0) is 17.2 Å². The minimum absolute atomic E-state index is 0.637. The predicted octanol–water partition coefficient (Wildman–Crippen LogP) is 3.66. The van der Waals surface area contributed by atoms with Crippen LogP contribution < -0.4 is 0 Å². The lowest BCUT2D eigenvalue weighted by Crippen LogP contribution is -1.98. The molecule has 3 heteroatoms. The van der Waals surface area contributed by atoms with Crippen molar-refractivity contribution >= 4 is 21.6 Å². The monoisotopic (exact) mass is 273 g/mol. The van der Waals surface area contributed by atoms with E-state index in [1.807, 2.05) is 42.5 Å². The second kappa shape index (κ2) is 3.46. The van der Waals surface area contributed by atoms with Crippen LogP contribution in [0.15, 0.2) is 52.1 Å². The Bertz CT molecular complexity index is 605. The molecular formula is C13H8BrNO. The lowest BCUT2D eigenvalue weighted by molar-refractivity contribution is 0.320. The lowest BCUT2D eigenvalue weighted by Gasteiger charge is -2.01. The van der Waals surface area contributed by atoms with Gasteiger partial charge in [0.05, 0.1) is 0 Å². The van der Waals surface area contributed by atoms with E-state index in [0.717, 1.165) is 26.7 Å². The van der Waals surface area contributed by atoms with E-state index in [1.54, 1.807) is 0 Å². The van der Waals surface area contributed by atoms with Crippen LogP contribution in [0.3, 0.4) is 0 Å². The molecule has 16 heavy (non-hydrogen) atoms. The zero-order valence-electron chi connectivity index (χ0n) is 8.31. The highest BCUT2D eigenvalue weighted by Gasteiger charge is 2.26. The average Bonchev–Trinajstić information content (AvgIpc) is 2.65. The predicted molar refractivity (Wildman–Crippen MR) is 67.0 cm³/mol. The maximum absolute atomic E-state index is 9.15. The number of hydrogen-bond acceptors (Lipinski definition) is 2. The molecule has 0 aromatic heterocycles. The highest BCUT2D eigenvalue weighted by atomic mass is 79.9. The molecule has 0 saturated heterocycles. The van der Waals surface area contributed by atoms with Gasteiger partial charge in [0.25, 0.3) is 0 Å². The van der Waals surface area contributed by atoms with Crippen LogP contribution in [0.1, 0.15) is 11.1 Å². The van der Waals surface area contributed by atoms with Crippen molar-refractivity contribution < 1.29 is 5.21 Å². The number of hydrogen-bond donors (Lipinski definition) is 1. The summed E-state index contributed by atoms with van der Waals surface area (Å²) < 4.78 is 0.953. The van der Waals surface area contributed by atoms with Crippen molar-refractivity contribution in [3.8, 4) is 11.1 Å². The van der Waals surface area contributed by atoms with Gasteiger partial charge in [0.1, 0.15) is 5.71 Å². The molecule has 2 aromatic carbocycles. The summed E-state index contributed by atoms with van der Waals surface area (Å²) in [7, 11) is 0. The van der Waals surface area contributed by atoms with E-state index in [-0.39, 0.29) is 0 Å².